The van der Waals surface area contributed by atoms with E-state index in [1.54, 1.807) is 19.2 Å². The lowest BCUT2D eigenvalue weighted by molar-refractivity contribution is 0.0934. The molecule has 5 nitrogen and oxygen atoms in total. The Bertz CT molecular complexity index is 752. The number of ether oxygens (including phenoxy) is 1. The van der Waals surface area contributed by atoms with Crippen molar-refractivity contribution in [2.75, 3.05) is 32.5 Å². The molecule has 156 valence electrons. The maximum atomic E-state index is 12.7. The molecule has 2 aromatic rings. The number of amides is 1. The van der Waals surface area contributed by atoms with Gasteiger partial charge in [-0.05, 0) is 55.4 Å². The fourth-order valence-electron chi connectivity index (χ4n) is 3.14. The number of anilines is 1. The van der Waals surface area contributed by atoms with E-state index in [1.807, 2.05) is 31.2 Å². The number of nitrogens with two attached hydrogens (primary N) is 1. The minimum absolute atomic E-state index is 0. The fraction of sp³-hybridized carbons (Fsp3) is 0.381. The van der Waals surface area contributed by atoms with Gasteiger partial charge in [0.05, 0.1) is 13.2 Å². The van der Waals surface area contributed by atoms with Gasteiger partial charge in [-0.1, -0.05) is 32.0 Å². The summed E-state index contributed by atoms with van der Waals surface area (Å²) in [5.41, 5.74) is 9.08. The Morgan fingerprint density at radius 1 is 1.14 bits per heavy atom. The molecule has 0 aliphatic carbocycles. The van der Waals surface area contributed by atoms with Crippen molar-refractivity contribution in [3.8, 4) is 5.75 Å². The first-order valence-corrected chi connectivity index (χ1v) is 9.02. The lowest BCUT2D eigenvalue weighted by atomic mass is 10.0. The number of rotatable bonds is 8. The second-order valence-electron chi connectivity index (χ2n) is 6.30. The van der Waals surface area contributed by atoms with Crippen LogP contribution < -0.4 is 15.8 Å². The zero-order valence-corrected chi connectivity index (χ0v) is 18.5. The summed E-state index contributed by atoms with van der Waals surface area (Å²) in [5.74, 6) is 0.715. The summed E-state index contributed by atoms with van der Waals surface area (Å²) in [4.78, 5) is 15.0. The van der Waals surface area contributed by atoms with Crippen LogP contribution >= 0.6 is 24.8 Å². The molecule has 0 saturated heterocycles. The van der Waals surface area contributed by atoms with Gasteiger partial charge in [-0.25, -0.2) is 0 Å². The van der Waals surface area contributed by atoms with Crippen LogP contribution in [0, 0.1) is 6.92 Å². The molecule has 1 atom stereocenters. The zero-order chi connectivity index (χ0) is 19.1. The lowest BCUT2D eigenvalue weighted by Crippen LogP contribution is -2.38. The first kappa shape index (κ1) is 26.1. The van der Waals surface area contributed by atoms with E-state index in [-0.39, 0.29) is 36.8 Å². The van der Waals surface area contributed by atoms with Crippen LogP contribution in [-0.2, 0) is 0 Å². The Morgan fingerprint density at radius 3 is 2.43 bits per heavy atom. The number of benzene rings is 2. The number of nitrogens with one attached hydrogen (secondary N) is 1. The summed E-state index contributed by atoms with van der Waals surface area (Å²) in [5, 5.41) is 3.08. The predicted molar refractivity (Wildman–Crippen MR) is 121 cm³/mol. The molecule has 28 heavy (non-hydrogen) atoms. The summed E-state index contributed by atoms with van der Waals surface area (Å²) in [6.07, 6.45) is 0. The molecule has 0 aliphatic heterocycles. The van der Waals surface area contributed by atoms with E-state index in [4.69, 9.17) is 10.5 Å². The van der Waals surface area contributed by atoms with Crippen LogP contribution in [0.3, 0.4) is 0 Å². The van der Waals surface area contributed by atoms with Crippen LogP contribution in [0.25, 0.3) is 0 Å². The van der Waals surface area contributed by atoms with Gasteiger partial charge < -0.3 is 15.8 Å². The van der Waals surface area contributed by atoms with Gasteiger partial charge >= 0.3 is 0 Å². The van der Waals surface area contributed by atoms with E-state index in [9.17, 15) is 4.79 Å². The third-order valence-electron chi connectivity index (χ3n) is 4.69. The molecule has 0 fully saturated rings. The number of nitrogen functional groups attached to an aromatic ring is 1. The molecule has 0 saturated carbocycles. The van der Waals surface area contributed by atoms with Crippen LogP contribution in [-0.4, -0.2) is 37.6 Å². The quantitative estimate of drug-likeness (QED) is 0.618. The van der Waals surface area contributed by atoms with Crippen LogP contribution in [0.15, 0.2) is 42.5 Å². The Balaban J connectivity index is 0.00000364. The highest BCUT2D eigenvalue weighted by atomic mass is 35.5. The van der Waals surface area contributed by atoms with E-state index >= 15 is 0 Å². The molecule has 0 heterocycles. The first-order chi connectivity index (χ1) is 12.5. The highest BCUT2D eigenvalue weighted by Crippen LogP contribution is 2.24. The SMILES string of the molecule is CCN(CC)C(CNC(=O)c1cc(N)ccc1C)c1cccc(OC)c1.Cl.Cl. The summed E-state index contributed by atoms with van der Waals surface area (Å²) in [6.45, 7) is 8.47. The number of likely N-dealkylation sites (N-methyl/N-ethyl adjacent to an activating group) is 1. The number of carbonyl (C=O) groups is 1. The average Bonchev–Trinajstić information content (AvgIpc) is 2.66. The maximum Gasteiger partial charge on any atom is 0.251 e. The second kappa shape index (κ2) is 12.5. The predicted octanol–water partition coefficient (Wildman–Crippen LogP) is 4.24. The Hall–Kier alpha value is -1.95. The van der Waals surface area contributed by atoms with Crippen molar-refractivity contribution in [3.05, 3.63) is 59.2 Å². The Morgan fingerprint density at radius 2 is 1.82 bits per heavy atom. The highest BCUT2D eigenvalue weighted by Gasteiger charge is 2.20. The molecule has 0 radical (unpaired) electrons. The molecular formula is C21H31Cl2N3O2. The lowest BCUT2D eigenvalue weighted by Gasteiger charge is -2.30. The first-order valence-electron chi connectivity index (χ1n) is 9.02. The van der Waals surface area contributed by atoms with Gasteiger partial charge in [0.1, 0.15) is 5.75 Å². The number of nitrogens with zero attached hydrogens (tertiary/aromatic N) is 1. The van der Waals surface area contributed by atoms with Gasteiger partial charge in [-0.3, -0.25) is 9.69 Å². The molecule has 0 aliphatic rings. The van der Waals surface area contributed by atoms with Crippen molar-refractivity contribution in [3.63, 3.8) is 0 Å². The molecule has 1 unspecified atom stereocenters. The number of carbonyl (C=O) groups excluding carboxylic acids is 1. The van der Waals surface area contributed by atoms with Crippen molar-refractivity contribution in [1.82, 2.24) is 10.2 Å². The Labute approximate surface area is 180 Å². The topological polar surface area (TPSA) is 67.6 Å². The Kier molecular flexibility index (Phi) is 11.6. The van der Waals surface area contributed by atoms with Crippen molar-refractivity contribution in [1.29, 1.82) is 0 Å². The van der Waals surface area contributed by atoms with Crippen molar-refractivity contribution >= 4 is 36.4 Å². The second-order valence-corrected chi connectivity index (χ2v) is 6.30. The van der Waals surface area contributed by atoms with E-state index < -0.39 is 0 Å². The minimum Gasteiger partial charge on any atom is -0.497 e. The molecule has 0 bridgehead atoms. The smallest absolute Gasteiger partial charge is 0.251 e. The molecule has 2 rings (SSSR count). The van der Waals surface area contributed by atoms with Crippen LogP contribution in [0.2, 0.25) is 0 Å². The van der Waals surface area contributed by atoms with E-state index in [0.29, 0.717) is 17.8 Å². The number of hydrogen-bond acceptors (Lipinski definition) is 4. The van der Waals surface area contributed by atoms with E-state index in [1.165, 1.54) is 0 Å². The summed E-state index contributed by atoms with van der Waals surface area (Å²) < 4.78 is 5.36. The molecular weight excluding hydrogens is 397 g/mol. The van der Waals surface area contributed by atoms with Gasteiger partial charge in [0, 0.05) is 17.8 Å². The third-order valence-corrected chi connectivity index (χ3v) is 4.69. The van der Waals surface area contributed by atoms with Crippen molar-refractivity contribution in [2.45, 2.75) is 26.8 Å². The van der Waals surface area contributed by atoms with Crippen LogP contribution in [0.5, 0.6) is 5.75 Å². The van der Waals surface area contributed by atoms with Gasteiger partial charge in [-0.2, -0.15) is 0 Å². The fourth-order valence-corrected chi connectivity index (χ4v) is 3.14. The maximum absolute atomic E-state index is 12.7. The molecule has 0 spiro atoms. The highest BCUT2D eigenvalue weighted by molar-refractivity contribution is 5.96. The van der Waals surface area contributed by atoms with Crippen molar-refractivity contribution in [2.24, 2.45) is 0 Å². The van der Waals surface area contributed by atoms with Crippen LogP contribution in [0.4, 0.5) is 5.69 Å². The normalized spacial score (nSPS) is 11.2. The largest absolute Gasteiger partial charge is 0.497 e. The molecule has 7 heteroatoms. The number of hydrogen-bond donors (Lipinski definition) is 2. The standard InChI is InChI=1S/C21H29N3O2.2ClH/c1-5-24(6-2)20(16-8-7-9-18(12-16)26-4)14-23-21(25)19-13-17(22)11-10-15(19)3;;/h7-13,20H,5-6,14,22H2,1-4H3,(H,23,25);2*1H. The van der Waals surface area contributed by atoms with E-state index in [0.717, 1.165) is 30.0 Å². The van der Waals surface area contributed by atoms with Gasteiger partial charge in [-0.15, -0.1) is 24.8 Å². The average molecular weight is 428 g/mol. The van der Waals surface area contributed by atoms with Gasteiger partial charge in [0.2, 0.25) is 0 Å². The minimum atomic E-state index is -0.102. The zero-order valence-electron chi connectivity index (χ0n) is 16.9. The van der Waals surface area contributed by atoms with Crippen LogP contribution in [0.1, 0.15) is 41.4 Å². The van der Waals surface area contributed by atoms with Crippen molar-refractivity contribution < 1.29 is 9.53 Å². The summed E-state index contributed by atoms with van der Waals surface area (Å²) in [7, 11) is 1.66. The van der Waals surface area contributed by atoms with Gasteiger partial charge in [0.25, 0.3) is 5.91 Å². The monoisotopic (exact) mass is 427 g/mol. The third kappa shape index (κ3) is 6.59. The number of halogens is 2. The molecule has 3 N–H and O–H groups in total. The van der Waals surface area contributed by atoms with Gasteiger partial charge in [0.15, 0.2) is 0 Å². The number of methoxy groups -OCH3 is 1. The summed E-state index contributed by atoms with van der Waals surface area (Å²) in [6, 6.07) is 13.5. The molecule has 0 aromatic heterocycles. The molecule has 2 aromatic carbocycles. The van der Waals surface area contributed by atoms with E-state index in [2.05, 4.69) is 30.1 Å². The number of aryl methyl sites for hydroxylation is 1. The molecule has 1 amide bonds. The summed E-state index contributed by atoms with van der Waals surface area (Å²) >= 11 is 0.